The Labute approximate surface area is 94.7 Å². The zero-order valence-corrected chi connectivity index (χ0v) is 9.23. The summed E-state index contributed by atoms with van der Waals surface area (Å²) < 4.78 is 0. The molecule has 0 bridgehead atoms. The van der Waals surface area contributed by atoms with Crippen LogP contribution in [0.2, 0.25) is 0 Å². The first-order valence-electron chi connectivity index (χ1n) is 5.52. The number of rotatable bonds is 2. The molecule has 1 aliphatic carbocycles. The molecule has 0 saturated carbocycles. The lowest BCUT2D eigenvalue weighted by Gasteiger charge is -2.17. The number of aliphatic hydroxyl groups excluding tert-OH is 1. The van der Waals surface area contributed by atoms with E-state index in [2.05, 4.69) is 10.6 Å². The van der Waals surface area contributed by atoms with E-state index in [0.29, 0.717) is 13.0 Å². The van der Waals surface area contributed by atoms with Crippen molar-refractivity contribution in [3.8, 4) is 0 Å². The number of carbonyl (C=O) groups is 1. The Hall–Kier alpha value is -1.55. The van der Waals surface area contributed by atoms with Crippen molar-refractivity contribution in [2.24, 2.45) is 0 Å². The first-order valence-corrected chi connectivity index (χ1v) is 5.52. The van der Waals surface area contributed by atoms with E-state index in [0.717, 1.165) is 11.1 Å². The quantitative estimate of drug-likeness (QED) is 0.695. The summed E-state index contributed by atoms with van der Waals surface area (Å²) in [5.74, 6) is 0. The highest BCUT2D eigenvalue weighted by Gasteiger charge is 2.31. The van der Waals surface area contributed by atoms with Crippen LogP contribution in [-0.2, 0) is 6.42 Å². The van der Waals surface area contributed by atoms with Gasteiger partial charge < -0.3 is 15.7 Å². The molecule has 4 heteroatoms. The lowest BCUT2D eigenvalue weighted by molar-refractivity contribution is 0.142. The van der Waals surface area contributed by atoms with E-state index >= 15 is 0 Å². The van der Waals surface area contributed by atoms with Crippen molar-refractivity contribution in [2.45, 2.75) is 25.5 Å². The van der Waals surface area contributed by atoms with Gasteiger partial charge in [0.05, 0.1) is 12.1 Å². The van der Waals surface area contributed by atoms with E-state index in [1.165, 1.54) is 0 Å². The van der Waals surface area contributed by atoms with Gasteiger partial charge in [-0.3, -0.25) is 0 Å². The van der Waals surface area contributed by atoms with Gasteiger partial charge in [-0.15, -0.1) is 0 Å². The monoisotopic (exact) mass is 220 g/mol. The Kier molecular flexibility index (Phi) is 3.10. The molecule has 0 spiro atoms. The fourth-order valence-corrected chi connectivity index (χ4v) is 2.10. The van der Waals surface area contributed by atoms with Crippen molar-refractivity contribution in [3.05, 3.63) is 35.4 Å². The van der Waals surface area contributed by atoms with Crippen LogP contribution in [0.4, 0.5) is 4.79 Å². The summed E-state index contributed by atoms with van der Waals surface area (Å²) in [4.78, 5) is 11.4. The number of benzene rings is 1. The first-order chi connectivity index (χ1) is 7.72. The first kappa shape index (κ1) is 11.0. The molecule has 4 nitrogen and oxygen atoms in total. The van der Waals surface area contributed by atoms with E-state index in [4.69, 9.17) is 0 Å². The second-order valence-electron chi connectivity index (χ2n) is 3.95. The van der Waals surface area contributed by atoms with E-state index in [-0.39, 0.29) is 12.1 Å². The van der Waals surface area contributed by atoms with Crippen LogP contribution in [0.3, 0.4) is 0 Å². The lowest BCUT2D eigenvalue weighted by Crippen LogP contribution is -2.40. The van der Waals surface area contributed by atoms with Gasteiger partial charge in [0.1, 0.15) is 0 Å². The van der Waals surface area contributed by atoms with Crippen LogP contribution in [0.25, 0.3) is 0 Å². The molecule has 0 radical (unpaired) electrons. The summed E-state index contributed by atoms with van der Waals surface area (Å²) in [7, 11) is 0. The van der Waals surface area contributed by atoms with Crippen molar-refractivity contribution >= 4 is 6.03 Å². The number of hydrogen-bond donors (Lipinski definition) is 3. The summed E-state index contributed by atoms with van der Waals surface area (Å²) >= 11 is 0. The maximum atomic E-state index is 11.4. The lowest BCUT2D eigenvalue weighted by atomic mass is 10.1. The van der Waals surface area contributed by atoms with Crippen LogP contribution in [0.5, 0.6) is 0 Å². The number of aliphatic hydroxyl groups is 1. The molecule has 0 saturated heterocycles. The van der Waals surface area contributed by atoms with Crippen molar-refractivity contribution in [3.63, 3.8) is 0 Å². The molecule has 3 N–H and O–H groups in total. The van der Waals surface area contributed by atoms with Crippen molar-refractivity contribution in [1.29, 1.82) is 0 Å². The molecule has 1 aromatic rings. The molecular weight excluding hydrogens is 204 g/mol. The maximum Gasteiger partial charge on any atom is 0.315 e. The standard InChI is InChI=1S/C12H16N2O2/c1-2-13-12(16)14-11-9-6-4-3-5-8(9)7-10(11)15/h3-6,10-11,15H,2,7H2,1H3,(H2,13,14,16)/t10-,11+/m0/s1. The van der Waals surface area contributed by atoms with Crippen LogP contribution in [0.1, 0.15) is 24.1 Å². The molecule has 2 rings (SSSR count). The molecule has 2 atom stereocenters. The molecule has 0 unspecified atom stereocenters. The number of hydrogen-bond acceptors (Lipinski definition) is 2. The zero-order valence-electron chi connectivity index (χ0n) is 9.23. The highest BCUT2D eigenvalue weighted by Crippen LogP contribution is 2.30. The van der Waals surface area contributed by atoms with E-state index in [1.807, 2.05) is 31.2 Å². The fourth-order valence-electron chi connectivity index (χ4n) is 2.10. The van der Waals surface area contributed by atoms with E-state index < -0.39 is 6.10 Å². The summed E-state index contributed by atoms with van der Waals surface area (Å²) in [6, 6.07) is 7.27. The molecule has 2 amide bonds. The normalized spacial score (nSPS) is 22.6. The third kappa shape index (κ3) is 2.02. The average molecular weight is 220 g/mol. The average Bonchev–Trinajstić information content (AvgIpc) is 2.56. The van der Waals surface area contributed by atoms with Gasteiger partial charge in [0.2, 0.25) is 0 Å². The SMILES string of the molecule is CCNC(=O)N[C@@H]1c2ccccc2C[C@@H]1O. The Morgan fingerprint density at radius 2 is 2.25 bits per heavy atom. The summed E-state index contributed by atoms with van der Waals surface area (Å²) in [5, 5.41) is 15.3. The second-order valence-corrected chi connectivity index (χ2v) is 3.95. The van der Waals surface area contributed by atoms with Crippen LogP contribution in [0, 0.1) is 0 Å². The van der Waals surface area contributed by atoms with Crippen molar-refractivity contribution < 1.29 is 9.90 Å². The number of amides is 2. The maximum absolute atomic E-state index is 11.4. The molecule has 0 aliphatic heterocycles. The van der Waals surface area contributed by atoms with Gasteiger partial charge in [-0.05, 0) is 18.1 Å². The third-order valence-electron chi connectivity index (χ3n) is 2.83. The van der Waals surface area contributed by atoms with Gasteiger partial charge in [-0.1, -0.05) is 24.3 Å². The molecule has 0 aromatic heterocycles. The number of fused-ring (bicyclic) bond motifs is 1. The summed E-state index contributed by atoms with van der Waals surface area (Å²) in [6.45, 7) is 2.44. The van der Waals surface area contributed by atoms with Gasteiger partial charge in [0.15, 0.2) is 0 Å². The summed E-state index contributed by atoms with van der Waals surface area (Å²) in [5.41, 5.74) is 2.12. The van der Waals surface area contributed by atoms with Crippen LogP contribution >= 0.6 is 0 Å². The van der Waals surface area contributed by atoms with Crippen LogP contribution in [-0.4, -0.2) is 23.8 Å². The predicted octanol–water partition coefficient (Wildman–Crippen LogP) is 0.964. The zero-order chi connectivity index (χ0) is 11.5. The highest BCUT2D eigenvalue weighted by atomic mass is 16.3. The molecule has 0 heterocycles. The van der Waals surface area contributed by atoms with E-state index in [9.17, 15) is 9.90 Å². The number of urea groups is 1. The Bertz CT molecular complexity index is 392. The van der Waals surface area contributed by atoms with Crippen LogP contribution in [0.15, 0.2) is 24.3 Å². The van der Waals surface area contributed by atoms with Gasteiger partial charge in [-0.2, -0.15) is 0 Å². The number of carbonyl (C=O) groups excluding carboxylic acids is 1. The van der Waals surface area contributed by atoms with Gasteiger partial charge in [0.25, 0.3) is 0 Å². The predicted molar refractivity (Wildman–Crippen MR) is 61.1 cm³/mol. The molecule has 16 heavy (non-hydrogen) atoms. The highest BCUT2D eigenvalue weighted by molar-refractivity contribution is 5.74. The Morgan fingerprint density at radius 1 is 1.50 bits per heavy atom. The minimum absolute atomic E-state index is 0.233. The molecule has 0 fully saturated rings. The van der Waals surface area contributed by atoms with Gasteiger partial charge in [-0.25, -0.2) is 4.79 Å². The van der Waals surface area contributed by atoms with Crippen molar-refractivity contribution in [2.75, 3.05) is 6.54 Å². The Morgan fingerprint density at radius 3 is 3.00 bits per heavy atom. The Balaban J connectivity index is 2.13. The van der Waals surface area contributed by atoms with Gasteiger partial charge in [0, 0.05) is 13.0 Å². The van der Waals surface area contributed by atoms with E-state index in [1.54, 1.807) is 0 Å². The number of nitrogens with one attached hydrogen (secondary N) is 2. The molecule has 1 aromatic carbocycles. The summed E-state index contributed by atoms with van der Waals surface area (Å²) in [6.07, 6.45) is 0.0766. The minimum Gasteiger partial charge on any atom is -0.390 e. The van der Waals surface area contributed by atoms with Crippen LogP contribution < -0.4 is 10.6 Å². The molecule has 1 aliphatic rings. The largest absolute Gasteiger partial charge is 0.390 e. The third-order valence-corrected chi connectivity index (χ3v) is 2.83. The fraction of sp³-hybridized carbons (Fsp3) is 0.417. The smallest absolute Gasteiger partial charge is 0.315 e. The minimum atomic E-state index is -0.528. The topological polar surface area (TPSA) is 61.4 Å². The molecule has 86 valence electrons. The van der Waals surface area contributed by atoms with Gasteiger partial charge >= 0.3 is 6.03 Å². The second kappa shape index (κ2) is 4.53. The molecular formula is C12H16N2O2. The van der Waals surface area contributed by atoms with Crippen molar-refractivity contribution in [1.82, 2.24) is 10.6 Å².